The van der Waals surface area contributed by atoms with E-state index in [-0.39, 0.29) is 5.91 Å². The van der Waals surface area contributed by atoms with Crippen LogP contribution >= 0.6 is 0 Å². The van der Waals surface area contributed by atoms with Gasteiger partial charge in [-0.2, -0.15) is 0 Å². The number of carbonyl (C=O) groups is 1. The third-order valence-electron chi connectivity index (χ3n) is 5.62. The molecule has 1 saturated carbocycles. The molecular formula is C21H25N3O. The summed E-state index contributed by atoms with van der Waals surface area (Å²) in [5.41, 5.74) is 5.05. The maximum atomic E-state index is 12.5. The van der Waals surface area contributed by atoms with E-state index in [0.717, 1.165) is 43.2 Å². The standard InChI is InChI=1S/C21H25N3O/c1-15-4-3-11-22-20(15)21(25)23-18-8-7-16-9-12-24(19-5-2-6-19)13-10-17(16)14-18/h3-4,7-8,11,14,19H,2,5-6,9-10,12-13H2,1H3,(H,23,25). The number of aryl methyl sites for hydroxylation is 1. The highest BCUT2D eigenvalue weighted by molar-refractivity contribution is 6.03. The van der Waals surface area contributed by atoms with Crippen molar-refractivity contribution in [3.8, 4) is 0 Å². The molecule has 2 heterocycles. The van der Waals surface area contributed by atoms with Gasteiger partial charge < -0.3 is 5.32 Å². The predicted molar refractivity (Wildman–Crippen MR) is 100.0 cm³/mol. The Morgan fingerprint density at radius 3 is 2.68 bits per heavy atom. The molecule has 4 nitrogen and oxygen atoms in total. The quantitative estimate of drug-likeness (QED) is 0.932. The molecule has 1 fully saturated rings. The maximum Gasteiger partial charge on any atom is 0.274 e. The Labute approximate surface area is 149 Å². The minimum Gasteiger partial charge on any atom is -0.321 e. The summed E-state index contributed by atoms with van der Waals surface area (Å²) in [4.78, 5) is 19.3. The molecule has 1 aliphatic heterocycles. The number of benzene rings is 1. The summed E-state index contributed by atoms with van der Waals surface area (Å²) < 4.78 is 0. The number of fused-ring (bicyclic) bond motifs is 1. The van der Waals surface area contributed by atoms with Crippen molar-refractivity contribution in [3.05, 3.63) is 58.9 Å². The summed E-state index contributed by atoms with van der Waals surface area (Å²) in [6.45, 7) is 4.21. The van der Waals surface area contributed by atoms with E-state index in [0.29, 0.717) is 5.69 Å². The SMILES string of the molecule is Cc1cccnc1C(=O)Nc1ccc2c(c1)CCN(C1CCC1)CC2. The molecule has 1 amide bonds. The summed E-state index contributed by atoms with van der Waals surface area (Å²) >= 11 is 0. The molecule has 1 aliphatic carbocycles. The van der Waals surface area contributed by atoms with Crippen LogP contribution in [0.4, 0.5) is 5.69 Å². The Hall–Kier alpha value is -2.20. The number of rotatable bonds is 3. The molecule has 0 saturated heterocycles. The van der Waals surface area contributed by atoms with Gasteiger partial charge in [0.1, 0.15) is 5.69 Å². The van der Waals surface area contributed by atoms with Gasteiger partial charge in [-0.1, -0.05) is 18.6 Å². The number of hydrogen-bond donors (Lipinski definition) is 1. The number of aromatic nitrogens is 1. The maximum absolute atomic E-state index is 12.5. The van der Waals surface area contributed by atoms with Crippen molar-refractivity contribution in [2.24, 2.45) is 0 Å². The lowest BCUT2D eigenvalue weighted by Gasteiger charge is -2.36. The zero-order valence-corrected chi connectivity index (χ0v) is 14.8. The molecule has 2 aromatic rings. The van der Waals surface area contributed by atoms with Gasteiger partial charge >= 0.3 is 0 Å². The second kappa shape index (κ2) is 6.96. The molecule has 1 aromatic carbocycles. The van der Waals surface area contributed by atoms with Gasteiger partial charge in [0.15, 0.2) is 0 Å². The first-order chi connectivity index (χ1) is 12.2. The molecule has 25 heavy (non-hydrogen) atoms. The first kappa shape index (κ1) is 16.3. The third-order valence-corrected chi connectivity index (χ3v) is 5.62. The number of hydrogen-bond acceptors (Lipinski definition) is 3. The molecule has 0 bridgehead atoms. The van der Waals surface area contributed by atoms with E-state index in [9.17, 15) is 4.79 Å². The summed E-state index contributed by atoms with van der Waals surface area (Å²) in [6.07, 6.45) is 7.95. The molecule has 0 spiro atoms. The summed E-state index contributed by atoms with van der Waals surface area (Å²) in [6, 6.07) is 10.9. The molecular weight excluding hydrogens is 310 g/mol. The molecule has 4 heteroatoms. The van der Waals surface area contributed by atoms with Crippen LogP contribution in [0.25, 0.3) is 0 Å². The Kier molecular flexibility index (Phi) is 4.53. The first-order valence-electron chi connectivity index (χ1n) is 9.29. The number of nitrogens with one attached hydrogen (secondary N) is 1. The fourth-order valence-corrected chi connectivity index (χ4v) is 3.85. The monoisotopic (exact) mass is 335 g/mol. The van der Waals surface area contributed by atoms with Crippen molar-refractivity contribution in [3.63, 3.8) is 0 Å². The van der Waals surface area contributed by atoms with E-state index >= 15 is 0 Å². The molecule has 0 atom stereocenters. The minimum atomic E-state index is -0.136. The summed E-state index contributed by atoms with van der Waals surface area (Å²) in [7, 11) is 0. The van der Waals surface area contributed by atoms with E-state index in [1.807, 2.05) is 25.1 Å². The third kappa shape index (κ3) is 3.45. The van der Waals surface area contributed by atoms with Gasteiger partial charge in [-0.05, 0) is 67.5 Å². The summed E-state index contributed by atoms with van der Waals surface area (Å²) in [5, 5.41) is 3.01. The highest BCUT2D eigenvalue weighted by atomic mass is 16.1. The van der Waals surface area contributed by atoms with Crippen molar-refractivity contribution in [1.29, 1.82) is 0 Å². The lowest BCUT2D eigenvalue weighted by atomic mass is 9.91. The summed E-state index contributed by atoms with van der Waals surface area (Å²) in [5.74, 6) is -0.136. The Balaban J connectivity index is 1.47. The van der Waals surface area contributed by atoms with Crippen LogP contribution in [0.15, 0.2) is 36.5 Å². The van der Waals surface area contributed by atoms with Crippen LogP contribution in [-0.4, -0.2) is 34.9 Å². The van der Waals surface area contributed by atoms with Gasteiger partial charge in [-0.3, -0.25) is 14.7 Å². The van der Waals surface area contributed by atoms with E-state index in [2.05, 4.69) is 27.3 Å². The van der Waals surface area contributed by atoms with Crippen LogP contribution < -0.4 is 5.32 Å². The lowest BCUT2D eigenvalue weighted by Crippen LogP contribution is -2.41. The van der Waals surface area contributed by atoms with Gasteiger partial charge in [-0.25, -0.2) is 0 Å². The number of amides is 1. The Morgan fingerprint density at radius 2 is 1.96 bits per heavy atom. The molecule has 4 rings (SSSR count). The van der Waals surface area contributed by atoms with Crippen LogP contribution in [-0.2, 0) is 12.8 Å². The van der Waals surface area contributed by atoms with Gasteiger partial charge in [0.2, 0.25) is 0 Å². The smallest absolute Gasteiger partial charge is 0.274 e. The number of carbonyl (C=O) groups excluding carboxylic acids is 1. The molecule has 0 radical (unpaired) electrons. The van der Waals surface area contributed by atoms with Crippen LogP contribution in [0, 0.1) is 6.92 Å². The fourth-order valence-electron chi connectivity index (χ4n) is 3.85. The van der Waals surface area contributed by atoms with Crippen LogP contribution in [0.5, 0.6) is 0 Å². The van der Waals surface area contributed by atoms with Crippen LogP contribution in [0.1, 0.15) is 46.4 Å². The van der Waals surface area contributed by atoms with E-state index < -0.39 is 0 Å². The minimum absolute atomic E-state index is 0.136. The zero-order valence-electron chi connectivity index (χ0n) is 14.8. The van der Waals surface area contributed by atoms with Crippen molar-refractivity contribution in [2.75, 3.05) is 18.4 Å². The van der Waals surface area contributed by atoms with E-state index in [1.165, 1.54) is 30.4 Å². The van der Waals surface area contributed by atoms with Gasteiger partial charge in [0.05, 0.1) is 0 Å². The van der Waals surface area contributed by atoms with Crippen LogP contribution in [0.3, 0.4) is 0 Å². The average Bonchev–Trinajstić information content (AvgIpc) is 2.76. The van der Waals surface area contributed by atoms with Gasteiger partial charge in [0, 0.05) is 31.0 Å². The predicted octanol–water partition coefficient (Wildman–Crippen LogP) is 3.60. The number of anilines is 1. The van der Waals surface area contributed by atoms with E-state index in [1.54, 1.807) is 6.20 Å². The fraction of sp³-hybridized carbons (Fsp3) is 0.429. The largest absolute Gasteiger partial charge is 0.321 e. The second-order valence-corrected chi connectivity index (χ2v) is 7.23. The molecule has 0 unspecified atom stereocenters. The lowest BCUT2D eigenvalue weighted by molar-refractivity contribution is 0.102. The number of pyridine rings is 1. The molecule has 1 N–H and O–H groups in total. The zero-order chi connectivity index (χ0) is 17.2. The van der Waals surface area contributed by atoms with Gasteiger partial charge in [0.25, 0.3) is 5.91 Å². The first-order valence-corrected chi connectivity index (χ1v) is 9.29. The Bertz CT molecular complexity index is 782. The molecule has 2 aliphatic rings. The molecule has 1 aromatic heterocycles. The van der Waals surface area contributed by atoms with Crippen molar-refractivity contribution < 1.29 is 4.79 Å². The Morgan fingerprint density at radius 1 is 1.16 bits per heavy atom. The van der Waals surface area contributed by atoms with Crippen LogP contribution in [0.2, 0.25) is 0 Å². The molecule has 130 valence electrons. The topological polar surface area (TPSA) is 45.2 Å². The van der Waals surface area contributed by atoms with Crippen molar-refractivity contribution in [2.45, 2.75) is 45.1 Å². The van der Waals surface area contributed by atoms with E-state index in [4.69, 9.17) is 0 Å². The van der Waals surface area contributed by atoms with Crippen molar-refractivity contribution in [1.82, 2.24) is 9.88 Å². The van der Waals surface area contributed by atoms with Gasteiger partial charge in [-0.15, -0.1) is 0 Å². The number of nitrogens with zero attached hydrogens (tertiary/aromatic N) is 2. The highest BCUT2D eigenvalue weighted by Crippen LogP contribution is 2.28. The normalized spacial score (nSPS) is 18.1. The average molecular weight is 335 g/mol. The highest BCUT2D eigenvalue weighted by Gasteiger charge is 2.26. The van der Waals surface area contributed by atoms with Crippen molar-refractivity contribution >= 4 is 11.6 Å². The second-order valence-electron chi connectivity index (χ2n) is 7.23.